The number of halogens is 2. The first-order chi connectivity index (χ1) is 7.83. The fourth-order valence-corrected chi connectivity index (χ4v) is 1.26. The summed E-state index contributed by atoms with van der Waals surface area (Å²) in [7, 11) is -2.06. The van der Waals surface area contributed by atoms with Gasteiger partial charge in [-0.15, -0.1) is 0 Å². The van der Waals surface area contributed by atoms with Crippen molar-refractivity contribution in [2.24, 2.45) is 0 Å². The van der Waals surface area contributed by atoms with Crippen LogP contribution in [0.4, 0.5) is 9.05 Å². The third kappa shape index (κ3) is 2.26. The van der Waals surface area contributed by atoms with Crippen LogP contribution < -0.4 is 4.65 Å². The lowest BCUT2D eigenvalue weighted by molar-refractivity contribution is -0.130. The van der Waals surface area contributed by atoms with Gasteiger partial charge in [-0.3, -0.25) is 0 Å². The van der Waals surface area contributed by atoms with Crippen LogP contribution >= 0.6 is 0 Å². The van der Waals surface area contributed by atoms with Gasteiger partial charge in [0.2, 0.25) is 0 Å². The highest BCUT2D eigenvalue weighted by Gasteiger charge is 2.27. The zero-order valence-electron chi connectivity index (χ0n) is 7.97. The maximum absolute atomic E-state index is 11.6. The zero-order valence-corrected chi connectivity index (χ0v) is 7.97. The summed E-state index contributed by atoms with van der Waals surface area (Å²) in [5, 5.41) is 0.883. The highest BCUT2D eigenvalue weighted by Crippen LogP contribution is 2.16. The average molecular weight is 225 g/mol. The van der Waals surface area contributed by atoms with Gasteiger partial charge in [0.05, 0.1) is 5.52 Å². The van der Waals surface area contributed by atoms with Crippen LogP contribution in [0.3, 0.4) is 0 Å². The number of rotatable bonds is 4. The Balaban J connectivity index is 2.25. The molecular weight excluding hydrogens is 219 g/mol. The maximum atomic E-state index is 11.6. The van der Waals surface area contributed by atoms with Gasteiger partial charge >= 0.3 is 7.32 Å². The molecule has 0 aliphatic rings. The lowest BCUT2D eigenvalue weighted by Gasteiger charge is -2.05. The molecular formula is C9H6BF2NO3. The van der Waals surface area contributed by atoms with Gasteiger partial charge in [0.15, 0.2) is 5.88 Å². The third-order valence-corrected chi connectivity index (χ3v) is 1.94. The van der Waals surface area contributed by atoms with E-state index >= 15 is 0 Å². The highest BCUT2D eigenvalue weighted by atomic mass is 19.3. The Morgan fingerprint density at radius 3 is 2.50 bits per heavy atom. The molecule has 0 saturated carbocycles. The fourth-order valence-electron chi connectivity index (χ4n) is 1.26. The smallest absolute Gasteiger partial charge is 0.494 e. The number of pyridine rings is 1. The normalized spacial score (nSPS) is 10.4. The summed E-state index contributed by atoms with van der Waals surface area (Å²) >= 11 is 0. The van der Waals surface area contributed by atoms with E-state index < -0.39 is 7.32 Å². The van der Waals surface area contributed by atoms with E-state index in [9.17, 15) is 9.05 Å². The summed E-state index contributed by atoms with van der Waals surface area (Å²) in [5.74, 6) is -0.000926. The monoisotopic (exact) mass is 225 g/mol. The van der Waals surface area contributed by atoms with Crippen molar-refractivity contribution in [3.8, 4) is 5.88 Å². The minimum absolute atomic E-state index is 0.000926. The average Bonchev–Trinajstić information content (AvgIpc) is 2.35. The molecule has 0 amide bonds. The Morgan fingerprint density at radius 2 is 1.75 bits per heavy atom. The molecule has 82 valence electrons. The van der Waals surface area contributed by atoms with Crippen molar-refractivity contribution in [2.45, 2.75) is 0 Å². The Labute approximate surface area is 89.7 Å². The summed E-state index contributed by atoms with van der Waals surface area (Å²) < 4.78 is 27.9. The van der Waals surface area contributed by atoms with E-state index in [-0.39, 0.29) is 5.88 Å². The van der Waals surface area contributed by atoms with Gasteiger partial charge in [0, 0.05) is 5.39 Å². The minimum Gasteiger partial charge on any atom is -0.494 e. The van der Waals surface area contributed by atoms with E-state index in [1.54, 1.807) is 18.2 Å². The molecule has 16 heavy (non-hydrogen) atoms. The van der Waals surface area contributed by atoms with Crippen molar-refractivity contribution in [1.29, 1.82) is 0 Å². The first-order valence-electron chi connectivity index (χ1n) is 4.41. The topological polar surface area (TPSA) is 40.6 Å². The van der Waals surface area contributed by atoms with E-state index in [2.05, 4.69) is 19.4 Å². The second-order valence-electron chi connectivity index (χ2n) is 2.93. The molecule has 1 heterocycles. The van der Waals surface area contributed by atoms with Crippen molar-refractivity contribution in [1.82, 2.24) is 4.98 Å². The van der Waals surface area contributed by atoms with Gasteiger partial charge < -0.3 is 4.65 Å². The molecule has 2 aromatic rings. The second kappa shape index (κ2) is 4.87. The van der Waals surface area contributed by atoms with Gasteiger partial charge in [0.1, 0.15) is 0 Å². The summed E-state index contributed by atoms with van der Waals surface area (Å²) in [6.45, 7) is 0. The number of hydrogen-bond acceptors (Lipinski definition) is 4. The van der Waals surface area contributed by atoms with Crippen LogP contribution in [0.2, 0.25) is 0 Å². The predicted octanol–water partition coefficient (Wildman–Crippen LogP) is 2.40. The van der Waals surface area contributed by atoms with Crippen molar-refractivity contribution < 1.29 is 23.4 Å². The Morgan fingerprint density at radius 1 is 1.00 bits per heavy atom. The number of benzene rings is 1. The molecule has 1 aromatic carbocycles. The van der Waals surface area contributed by atoms with E-state index in [0.29, 0.717) is 5.52 Å². The SMILES string of the molecule is FOB(OF)Oc1ccc2ccccc2n1. The van der Waals surface area contributed by atoms with Crippen LogP contribution in [-0.4, -0.2) is 12.3 Å². The number of nitrogens with zero attached hydrogens (tertiary/aromatic N) is 1. The quantitative estimate of drug-likeness (QED) is 0.749. The minimum atomic E-state index is -2.06. The lowest BCUT2D eigenvalue weighted by atomic mass is 10.2. The number of aromatic nitrogens is 1. The molecule has 0 N–H and O–H groups in total. The molecule has 0 saturated heterocycles. The van der Waals surface area contributed by atoms with Crippen LogP contribution in [0.15, 0.2) is 36.4 Å². The van der Waals surface area contributed by atoms with Crippen LogP contribution in [0.1, 0.15) is 0 Å². The molecule has 0 atom stereocenters. The molecule has 0 bridgehead atoms. The Kier molecular flexibility index (Phi) is 3.28. The second-order valence-corrected chi connectivity index (χ2v) is 2.93. The summed E-state index contributed by atoms with van der Waals surface area (Å²) in [6, 6.07) is 10.4. The lowest BCUT2D eigenvalue weighted by Crippen LogP contribution is -2.24. The van der Waals surface area contributed by atoms with E-state index in [1.807, 2.05) is 12.1 Å². The third-order valence-electron chi connectivity index (χ3n) is 1.94. The van der Waals surface area contributed by atoms with Gasteiger partial charge in [-0.1, -0.05) is 27.3 Å². The Hall–Kier alpha value is -1.73. The summed E-state index contributed by atoms with van der Waals surface area (Å²) in [4.78, 5) is 10.1. The Bertz CT molecular complexity index is 481. The molecule has 0 spiro atoms. The summed E-state index contributed by atoms with van der Waals surface area (Å²) in [5.41, 5.74) is 0.636. The van der Waals surface area contributed by atoms with Gasteiger partial charge in [-0.25, -0.2) is 4.98 Å². The van der Waals surface area contributed by atoms with E-state index in [4.69, 9.17) is 0 Å². The molecule has 0 fully saturated rings. The van der Waals surface area contributed by atoms with Crippen molar-refractivity contribution >= 4 is 18.2 Å². The molecule has 0 unspecified atom stereocenters. The summed E-state index contributed by atoms with van der Waals surface area (Å²) in [6.07, 6.45) is 0. The highest BCUT2D eigenvalue weighted by molar-refractivity contribution is 6.36. The zero-order chi connectivity index (χ0) is 11.4. The van der Waals surface area contributed by atoms with Crippen LogP contribution in [0.5, 0.6) is 5.88 Å². The van der Waals surface area contributed by atoms with Crippen molar-refractivity contribution in [3.05, 3.63) is 36.4 Å². The molecule has 0 aliphatic carbocycles. The number of fused-ring (bicyclic) bond motifs is 1. The van der Waals surface area contributed by atoms with Crippen LogP contribution in [0, 0.1) is 0 Å². The molecule has 0 radical (unpaired) electrons. The van der Waals surface area contributed by atoms with Crippen LogP contribution in [-0.2, 0) is 9.72 Å². The number of para-hydroxylation sites is 1. The molecule has 0 aliphatic heterocycles. The van der Waals surface area contributed by atoms with Crippen LogP contribution in [0.25, 0.3) is 10.9 Å². The first kappa shape index (κ1) is 10.8. The molecule has 2 rings (SSSR count). The van der Waals surface area contributed by atoms with Gasteiger partial charge in [0.25, 0.3) is 0 Å². The van der Waals surface area contributed by atoms with Crippen molar-refractivity contribution in [2.75, 3.05) is 0 Å². The van der Waals surface area contributed by atoms with Gasteiger partial charge in [-0.2, -0.15) is 9.72 Å². The van der Waals surface area contributed by atoms with E-state index in [0.717, 1.165) is 5.39 Å². The van der Waals surface area contributed by atoms with Crippen molar-refractivity contribution in [3.63, 3.8) is 0 Å². The fraction of sp³-hybridized carbons (Fsp3) is 0. The van der Waals surface area contributed by atoms with E-state index in [1.165, 1.54) is 6.07 Å². The maximum Gasteiger partial charge on any atom is 0.779 e. The standard InChI is InChI=1S/C9H6BF2NO3/c11-15-10(16-12)14-9-6-5-7-3-1-2-4-8(7)13-9/h1-6H. The molecule has 4 nitrogen and oxygen atoms in total. The number of hydrogen-bond donors (Lipinski definition) is 0. The molecule has 1 aromatic heterocycles. The molecule has 7 heteroatoms. The predicted molar refractivity (Wildman–Crippen MR) is 52.5 cm³/mol. The van der Waals surface area contributed by atoms with Gasteiger partial charge in [-0.05, 0) is 18.2 Å². The largest absolute Gasteiger partial charge is 0.779 e. The first-order valence-corrected chi connectivity index (χ1v) is 4.41.